The van der Waals surface area contributed by atoms with Crippen molar-refractivity contribution in [2.75, 3.05) is 66.2 Å². The molecule has 0 amide bonds. The quantitative estimate of drug-likeness (QED) is 0.365. The molecule has 1 saturated heterocycles. The summed E-state index contributed by atoms with van der Waals surface area (Å²) in [4.78, 5) is 6.68. The van der Waals surface area contributed by atoms with Crippen molar-refractivity contribution in [1.29, 1.82) is 0 Å². The van der Waals surface area contributed by atoms with E-state index in [1.54, 1.807) is 7.05 Å². The molecule has 3 rings (SSSR count). The fraction of sp³-hybridized carbons (Fsp3) is 0.611. The summed E-state index contributed by atoms with van der Waals surface area (Å²) in [7, 11) is 1.80. The minimum atomic E-state index is 0. The Kier molecular flexibility index (Phi) is 9.27. The lowest BCUT2D eigenvalue weighted by Gasteiger charge is -2.26. The Morgan fingerprint density at radius 3 is 2.54 bits per heavy atom. The van der Waals surface area contributed by atoms with E-state index in [2.05, 4.69) is 32.7 Å². The van der Waals surface area contributed by atoms with Gasteiger partial charge in [-0.1, -0.05) is 6.07 Å². The number of fused-ring (bicyclic) bond motifs is 1. The van der Waals surface area contributed by atoms with Gasteiger partial charge in [0.15, 0.2) is 17.5 Å². The fourth-order valence-electron chi connectivity index (χ4n) is 2.95. The third kappa shape index (κ3) is 6.48. The summed E-state index contributed by atoms with van der Waals surface area (Å²) in [6, 6.07) is 6.13. The molecule has 0 atom stereocenters. The van der Waals surface area contributed by atoms with Crippen molar-refractivity contribution in [3.05, 3.63) is 23.8 Å². The standard InChI is InChI=1S/C18H28N4O3.HI/c1-19-18(21-6-7-22-8-10-23-11-9-22)20-5-4-15-2-3-16-17(14-15)25-13-12-24-16;/h2-3,14H,4-13H2,1H3,(H2,19,20,21);1H. The summed E-state index contributed by atoms with van der Waals surface area (Å²) < 4.78 is 16.5. The van der Waals surface area contributed by atoms with E-state index in [0.717, 1.165) is 69.8 Å². The van der Waals surface area contributed by atoms with Crippen LogP contribution in [0.5, 0.6) is 11.5 Å². The molecule has 0 unspecified atom stereocenters. The average molecular weight is 476 g/mol. The second-order valence-corrected chi connectivity index (χ2v) is 6.11. The molecule has 2 aliphatic heterocycles. The Balaban J connectivity index is 0.00000243. The molecule has 0 aliphatic carbocycles. The molecule has 0 radical (unpaired) electrons. The Bertz CT molecular complexity index is 580. The number of morpholine rings is 1. The van der Waals surface area contributed by atoms with E-state index in [1.807, 2.05) is 6.07 Å². The van der Waals surface area contributed by atoms with Crippen LogP contribution < -0.4 is 20.1 Å². The van der Waals surface area contributed by atoms with Gasteiger partial charge in [-0.25, -0.2) is 0 Å². The van der Waals surface area contributed by atoms with E-state index < -0.39 is 0 Å². The van der Waals surface area contributed by atoms with Gasteiger partial charge in [0.25, 0.3) is 0 Å². The van der Waals surface area contributed by atoms with Gasteiger partial charge in [-0.3, -0.25) is 9.89 Å². The van der Waals surface area contributed by atoms with Crippen LogP contribution in [0.15, 0.2) is 23.2 Å². The van der Waals surface area contributed by atoms with Crippen LogP contribution in [0.1, 0.15) is 5.56 Å². The first-order valence-electron chi connectivity index (χ1n) is 8.98. The lowest BCUT2D eigenvalue weighted by Crippen LogP contribution is -2.44. The molecule has 0 saturated carbocycles. The molecule has 0 bridgehead atoms. The maximum Gasteiger partial charge on any atom is 0.191 e. The van der Waals surface area contributed by atoms with E-state index in [4.69, 9.17) is 14.2 Å². The van der Waals surface area contributed by atoms with E-state index in [1.165, 1.54) is 5.56 Å². The number of hydrogen-bond acceptors (Lipinski definition) is 5. The number of hydrogen-bond donors (Lipinski definition) is 2. The second-order valence-electron chi connectivity index (χ2n) is 6.11. The van der Waals surface area contributed by atoms with Gasteiger partial charge in [-0.15, -0.1) is 24.0 Å². The van der Waals surface area contributed by atoms with Crippen LogP contribution in [0.3, 0.4) is 0 Å². The minimum Gasteiger partial charge on any atom is -0.486 e. The molecule has 1 aromatic carbocycles. The lowest BCUT2D eigenvalue weighted by molar-refractivity contribution is 0.0389. The van der Waals surface area contributed by atoms with Gasteiger partial charge in [-0.2, -0.15) is 0 Å². The van der Waals surface area contributed by atoms with E-state index in [9.17, 15) is 0 Å². The number of rotatable bonds is 6. The van der Waals surface area contributed by atoms with Crippen LogP contribution in [0.4, 0.5) is 0 Å². The molecule has 8 heteroatoms. The van der Waals surface area contributed by atoms with E-state index in [0.29, 0.717) is 13.2 Å². The van der Waals surface area contributed by atoms with Crippen LogP contribution in [0.2, 0.25) is 0 Å². The van der Waals surface area contributed by atoms with Crippen molar-refractivity contribution in [3.8, 4) is 11.5 Å². The number of ether oxygens (including phenoxy) is 3. The maximum atomic E-state index is 5.63. The summed E-state index contributed by atoms with van der Waals surface area (Å²) in [6.07, 6.45) is 0.904. The largest absolute Gasteiger partial charge is 0.486 e. The molecule has 1 fully saturated rings. The molecular weight excluding hydrogens is 447 g/mol. The zero-order valence-electron chi connectivity index (χ0n) is 15.3. The fourth-order valence-corrected chi connectivity index (χ4v) is 2.95. The van der Waals surface area contributed by atoms with Gasteiger partial charge in [0.1, 0.15) is 13.2 Å². The molecule has 2 N–H and O–H groups in total. The Labute approximate surface area is 172 Å². The summed E-state index contributed by atoms with van der Waals surface area (Å²) >= 11 is 0. The SMILES string of the molecule is CN=C(NCCc1ccc2c(c1)OCCO2)NCCN1CCOCC1.I. The first-order valence-corrected chi connectivity index (χ1v) is 8.98. The van der Waals surface area contributed by atoms with Crippen molar-refractivity contribution in [2.24, 2.45) is 4.99 Å². The van der Waals surface area contributed by atoms with Crippen molar-refractivity contribution in [2.45, 2.75) is 6.42 Å². The molecule has 7 nitrogen and oxygen atoms in total. The van der Waals surface area contributed by atoms with Crippen molar-refractivity contribution < 1.29 is 14.2 Å². The highest BCUT2D eigenvalue weighted by atomic mass is 127. The summed E-state index contributed by atoms with van der Waals surface area (Å²) in [6.45, 7) is 7.64. The van der Waals surface area contributed by atoms with Crippen LogP contribution >= 0.6 is 24.0 Å². The van der Waals surface area contributed by atoms with Crippen molar-refractivity contribution in [3.63, 3.8) is 0 Å². The van der Waals surface area contributed by atoms with Crippen molar-refractivity contribution >= 4 is 29.9 Å². The molecule has 2 heterocycles. The Morgan fingerprint density at radius 2 is 1.77 bits per heavy atom. The highest BCUT2D eigenvalue weighted by Gasteiger charge is 2.12. The summed E-state index contributed by atoms with van der Waals surface area (Å²) in [5.41, 5.74) is 1.22. The molecule has 2 aliphatic rings. The predicted molar refractivity (Wildman–Crippen MR) is 113 cm³/mol. The second kappa shape index (κ2) is 11.5. The number of nitrogens with one attached hydrogen (secondary N) is 2. The number of halogens is 1. The Morgan fingerprint density at radius 1 is 1.04 bits per heavy atom. The van der Waals surface area contributed by atoms with Gasteiger partial charge in [0, 0.05) is 39.8 Å². The third-order valence-electron chi connectivity index (χ3n) is 4.36. The number of benzene rings is 1. The molecule has 1 aromatic rings. The summed E-state index contributed by atoms with van der Waals surface area (Å²) in [5.74, 6) is 2.52. The van der Waals surface area contributed by atoms with Gasteiger partial charge >= 0.3 is 0 Å². The summed E-state index contributed by atoms with van der Waals surface area (Å²) in [5, 5.41) is 6.72. The topological polar surface area (TPSA) is 67.4 Å². The molecule has 0 aromatic heterocycles. The van der Waals surface area contributed by atoms with Gasteiger partial charge < -0.3 is 24.8 Å². The van der Waals surface area contributed by atoms with Crippen LogP contribution in [-0.4, -0.2) is 77.1 Å². The van der Waals surface area contributed by atoms with Crippen LogP contribution in [0.25, 0.3) is 0 Å². The average Bonchev–Trinajstić information content (AvgIpc) is 2.67. The van der Waals surface area contributed by atoms with Crippen molar-refractivity contribution in [1.82, 2.24) is 15.5 Å². The zero-order valence-corrected chi connectivity index (χ0v) is 17.7. The van der Waals surface area contributed by atoms with E-state index in [-0.39, 0.29) is 24.0 Å². The smallest absolute Gasteiger partial charge is 0.191 e. The highest BCUT2D eigenvalue weighted by molar-refractivity contribution is 14.0. The monoisotopic (exact) mass is 476 g/mol. The van der Waals surface area contributed by atoms with Crippen LogP contribution in [-0.2, 0) is 11.2 Å². The zero-order chi connectivity index (χ0) is 17.3. The first kappa shape index (κ1) is 21.0. The lowest BCUT2D eigenvalue weighted by atomic mass is 10.1. The van der Waals surface area contributed by atoms with Crippen LogP contribution in [0, 0.1) is 0 Å². The highest BCUT2D eigenvalue weighted by Crippen LogP contribution is 2.30. The molecular formula is C18H29IN4O3. The maximum absolute atomic E-state index is 5.63. The first-order chi connectivity index (χ1) is 12.3. The number of nitrogens with zero attached hydrogens (tertiary/aromatic N) is 2. The predicted octanol–water partition coefficient (Wildman–Crippen LogP) is 1.12. The third-order valence-corrected chi connectivity index (χ3v) is 4.36. The number of aliphatic imine (C=N–C) groups is 1. The van der Waals surface area contributed by atoms with Gasteiger partial charge in [0.2, 0.25) is 0 Å². The van der Waals surface area contributed by atoms with Gasteiger partial charge in [0.05, 0.1) is 13.2 Å². The molecule has 0 spiro atoms. The minimum absolute atomic E-state index is 0. The molecule has 146 valence electrons. The number of guanidine groups is 1. The van der Waals surface area contributed by atoms with Gasteiger partial charge in [-0.05, 0) is 24.1 Å². The van der Waals surface area contributed by atoms with E-state index >= 15 is 0 Å². The Hall–Kier alpha value is -1.26. The normalized spacial score (nSPS) is 17.3. The molecule has 26 heavy (non-hydrogen) atoms.